The molecule has 3 heteroatoms. The average molecular weight is 112 g/mol. The highest BCUT2D eigenvalue weighted by molar-refractivity contribution is 4.95. The Morgan fingerprint density at radius 3 is 1.62 bits per heavy atom. The van der Waals surface area contributed by atoms with Crippen LogP contribution in [0.2, 0.25) is 0 Å². The molecule has 42 valence electrons. The van der Waals surface area contributed by atoms with Crippen LogP contribution >= 0.6 is 0 Å². The molecule has 0 spiro atoms. The molecule has 0 amide bonds. The molecule has 0 bridgehead atoms. The second kappa shape index (κ2) is 1.36. The SMILES string of the molecule is C=c1oc(=O)oc1=C. The summed E-state index contributed by atoms with van der Waals surface area (Å²) in [5.41, 5.74) is 0.380. The van der Waals surface area contributed by atoms with Crippen molar-refractivity contribution in [3.63, 3.8) is 0 Å². The van der Waals surface area contributed by atoms with Crippen molar-refractivity contribution in [1.82, 2.24) is 0 Å². The van der Waals surface area contributed by atoms with Gasteiger partial charge in [0.25, 0.3) is 0 Å². The van der Waals surface area contributed by atoms with Gasteiger partial charge in [0.1, 0.15) is 0 Å². The maximum Gasteiger partial charge on any atom is 0.519 e. The fourth-order valence-corrected chi connectivity index (χ4v) is 0.336. The van der Waals surface area contributed by atoms with E-state index in [0.29, 0.717) is 0 Å². The highest BCUT2D eigenvalue weighted by Gasteiger charge is 1.88. The van der Waals surface area contributed by atoms with Crippen molar-refractivity contribution in [3.05, 3.63) is 21.4 Å². The molecule has 0 unspecified atom stereocenters. The summed E-state index contributed by atoms with van der Waals surface area (Å²) in [4.78, 5) is 10.1. The quantitative estimate of drug-likeness (QED) is 0.434. The molecule has 1 rings (SSSR count). The van der Waals surface area contributed by atoms with E-state index in [0.717, 1.165) is 0 Å². The molecule has 0 aromatic carbocycles. The Labute approximate surface area is 44.5 Å². The van der Waals surface area contributed by atoms with E-state index in [-0.39, 0.29) is 10.8 Å². The molecule has 0 atom stereocenters. The smallest absolute Gasteiger partial charge is 0.391 e. The molecule has 0 saturated carbocycles. The second-order valence-electron chi connectivity index (χ2n) is 1.30. The molecule has 8 heavy (non-hydrogen) atoms. The van der Waals surface area contributed by atoms with Gasteiger partial charge in [-0.15, -0.1) is 0 Å². The van der Waals surface area contributed by atoms with E-state index in [1.807, 2.05) is 0 Å². The normalized spacial score (nSPS) is 9.50. The summed E-state index contributed by atoms with van der Waals surface area (Å²) >= 11 is 0. The van der Waals surface area contributed by atoms with Crippen molar-refractivity contribution in [2.75, 3.05) is 0 Å². The Morgan fingerprint density at radius 2 is 1.50 bits per heavy atom. The molecule has 0 fully saturated rings. The summed E-state index contributed by atoms with van der Waals surface area (Å²) in [5, 5.41) is 0. The van der Waals surface area contributed by atoms with Crippen LogP contribution in [0.1, 0.15) is 0 Å². The average Bonchev–Trinajstić information content (AvgIpc) is 1.85. The summed E-state index contributed by atoms with van der Waals surface area (Å²) in [6.45, 7) is 6.64. The first-order valence-corrected chi connectivity index (χ1v) is 1.98. The van der Waals surface area contributed by atoms with E-state index in [1.54, 1.807) is 0 Å². The zero-order valence-electron chi connectivity index (χ0n) is 4.14. The molecule has 0 N–H and O–H groups in total. The molecular formula is C5H4O3. The lowest BCUT2D eigenvalue weighted by Gasteiger charge is -1.55. The first-order chi connectivity index (χ1) is 3.70. The molecule has 1 aromatic rings. The molecule has 3 nitrogen and oxygen atoms in total. The number of hydrogen-bond donors (Lipinski definition) is 0. The Hall–Kier alpha value is -1.25. The summed E-state index contributed by atoms with van der Waals surface area (Å²) in [5.74, 6) is -0.750. The summed E-state index contributed by atoms with van der Waals surface area (Å²) in [6, 6.07) is 0. The fraction of sp³-hybridized carbons (Fsp3) is 0. The monoisotopic (exact) mass is 112 g/mol. The molecule has 1 aromatic heterocycles. The van der Waals surface area contributed by atoms with Crippen LogP contribution in [0.25, 0.3) is 13.2 Å². The molecule has 0 aliphatic carbocycles. The first kappa shape index (κ1) is 4.90. The van der Waals surface area contributed by atoms with Gasteiger partial charge in [-0.05, 0) is 0 Å². The number of rotatable bonds is 0. The minimum atomic E-state index is -0.750. The fourth-order valence-electron chi connectivity index (χ4n) is 0.336. The van der Waals surface area contributed by atoms with Gasteiger partial charge >= 0.3 is 5.82 Å². The van der Waals surface area contributed by atoms with Crippen LogP contribution in [0, 0.1) is 0 Å². The first-order valence-electron chi connectivity index (χ1n) is 1.98. The van der Waals surface area contributed by atoms with Gasteiger partial charge in [0.15, 0.2) is 10.8 Å². The molecule has 0 saturated heterocycles. The maximum absolute atomic E-state index is 10.1. The lowest BCUT2D eigenvalue weighted by Crippen LogP contribution is -2.13. The van der Waals surface area contributed by atoms with E-state index in [9.17, 15) is 4.79 Å². The summed E-state index contributed by atoms with van der Waals surface area (Å²) < 4.78 is 8.64. The zero-order chi connectivity index (χ0) is 6.15. The highest BCUT2D eigenvalue weighted by Crippen LogP contribution is 1.48. The van der Waals surface area contributed by atoms with Gasteiger partial charge in [-0.1, -0.05) is 13.2 Å². The zero-order valence-corrected chi connectivity index (χ0v) is 4.14. The van der Waals surface area contributed by atoms with E-state index in [4.69, 9.17) is 0 Å². The third-order valence-electron chi connectivity index (χ3n) is 0.724. The van der Waals surface area contributed by atoms with E-state index in [1.165, 1.54) is 0 Å². The molecule has 1 heterocycles. The van der Waals surface area contributed by atoms with Crippen LogP contribution in [0.15, 0.2) is 13.6 Å². The maximum atomic E-state index is 10.1. The van der Waals surface area contributed by atoms with E-state index >= 15 is 0 Å². The second-order valence-corrected chi connectivity index (χ2v) is 1.30. The Bertz CT molecular complexity index is 286. The highest BCUT2D eigenvalue weighted by atomic mass is 16.6. The molecule has 0 aliphatic rings. The van der Waals surface area contributed by atoms with Crippen LogP contribution in [0.4, 0.5) is 0 Å². The van der Waals surface area contributed by atoms with Crippen molar-refractivity contribution >= 4 is 13.2 Å². The van der Waals surface area contributed by atoms with Crippen molar-refractivity contribution in [3.8, 4) is 0 Å². The van der Waals surface area contributed by atoms with Gasteiger partial charge in [0.05, 0.1) is 0 Å². The van der Waals surface area contributed by atoms with Gasteiger partial charge in [-0.25, -0.2) is 4.79 Å². The predicted octanol–water partition coefficient (Wildman–Crippen LogP) is -0.947. The van der Waals surface area contributed by atoms with Crippen molar-refractivity contribution in [1.29, 1.82) is 0 Å². The topological polar surface area (TPSA) is 43.4 Å². The van der Waals surface area contributed by atoms with Crippen molar-refractivity contribution in [2.45, 2.75) is 0 Å². The van der Waals surface area contributed by atoms with Crippen molar-refractivity contribution in [2.24, 2.45) is 0 Å². The van der Waals surface area contributed by atoms with Gasteiger partial charge < -0.3 is 8.83 Å². The van der Waals surface area contributed by atoms with Crippen molar-refractivity contribution < 1.29 is 8.83 Å². The Morgan fingerprint density at radius 1 is 1.12 bits per heavy atom. The predicted molar refractivity (Wildman–Crippen MR) is 27.5 cm³/mol. The van der Waals surface area contributed by atoms with Crippen LogP contribution in [0.3, 0.4) is 0 Å². The van der Waals surface area contributed by atoms with Crippen LogP contribution in [-0.4, -0.2) is 0 Å². The largest absolute Gasteiger partial charge is 0.519 e. The molecule has 0 aliphatic heterocycles. The van der Waals surface area contributed by atoms with E-state index in [2.05, 4.69) is 22.0 Å². The van der Waals surface area contributed by atoms with Crippen LogP contribution in [0.5, 0.6) is 0 Å². The Kier molecular flexibility index (Phi) is 0.836. The van der Waals surface area contributed by atoms with Crippen LogP contribution < -0.4 is 16.7 Å². The van der Waals surface area contributed by atoms with Gasteiger partial charge in [0.2, 0.25) is 0 Å². The van der Waals surface area contributed by atoms with Gasteiger partial charge in [-0.2, -0.15) is 0 Å². The third kappa shape index (κ3) is 0.578. The lowest BCUT2D eigenvalue weighted by atomic mass is 10.7. The lowest BCUT2D eigenvalue weighted by molar-refractivity contribution is 0.372. The minimum Gasteiger partial charge on any atom is -0.391 e. The standard InChI is InChI=1S/C5H4O3/c1-3-4(2)8-5(6)7-3/h1-2H2. The van der Waals surface area contributed by atoms with Gasteiger partial charge in [-0.3, -0.25) is 0 Å². The molecular weight excluding hydrogens is 108 g/mol. The molecule has 0 radical (unpaired) electrons. The van der Waals surface area contributed by atoms with Gasteiger partial charge in [0, 0.05) is 0 Å². The van der Waals surface area contributed by atoms with E-state index < -0.39 is 5.82 Å². The third-order valence-corrected chi connectivity index (χ3v) is 0.724. The summed E-state index contributed by atoms with van der Waals surface area (Å²) in [6.07, 6.45) is 0. The summed E-state index contributed by atoms with van der Waals surface area (Å²) in [7, 11) is 0. The Balaban J connectivity index is 3.86. The number of hydrogen-bond acceptors (Lipinski definition) is 3. The van der Waals surface area contributed by atoms with Crippen LogP contribution in [-0.2, 0) is 0 Å². The minimum absolute atomic E-state index is 0.190.